The molecule has 0 spiro atoms. The third-order valence-corrected chi connectivity index (χ3v) is 1.50. The maximum atomic E-state index is 11.3. The van der Waals surface area contributed by atoms with Gasteiger partial charge in [0.25, 0.3) is 0 Å². The third-order valence-electron chi connectivity index (χ3n) is 1.50. The van der Waals surface area contributed by atoms with Crippen molar-refractivity contribution < 1.29 is 24.2 Å². The normalized spacial score (nSPS) is 15.2. The summed E-state index contributed by atoms with van der Waals surface area (Å²) < 4.78 is 4.85. The van der Waals surface area contributed by atoms with E-state index < -0.39 is 29.5 Å². The van der Waals surface area contributed by atoms with Crippen molar-refractivity contribution in [2.45, 2.75) is 32.4 Å². The smallest absolute Gasteiger partial charge is 0.321 e. The highest BCUT2D eigenvalue weighted by Crippen LogP contribution is 2.12. The molecule has 0 aromatic heterocycles. The predicted octanol–water partition coefficient (Wildman–Crippen LogP) is -0.445. The number of carboxylic acid groups (broad SMARTS) is 1. The Labute approximate surface area is 87.4 Å². The molecule has 86 valence electrons. The second-order valence-corrected chi connectivity index (χ2v) is 4.06. The van der Waals surface area contributed by atoms with Gasteiger partial charge in [0, 0.05) is 0 Å². The van der Waals surface area contributed by atoms with Crippen LogP contribution in [0.1, 0.15) is 20.8 Å². The molecule has 0 fully saturated rings. The molecule has 0 aliphatic carbocycles. The quantitative estimate of drug-likeness (QED) is 0.375. The number of nitrogens with two attached hydrogens (primary N) is 1. The van der Waals surface area contributed by atoms with E-state index in [0.29, 0.717) is 0 Å². The Morgan fingerprint density at radius 3 is 2.13 bits per heavy atom. The summed E-state index contributed by atoms with van der Waals surface area (Å²) in [5, 5.41) is 8.54. The summed E-state index contributed by atoms with van der Waals surface area (Å²) in [6, 6.07) is -1.57. The van der Waals surface area contributed by atoms with Crippen LogP contribution in [0.15, 0.2) is 0 Å². The molecular formula is C9H15NO5. The minimum atomic E-state index is -1.57. The molecule has 0 aliphatic rings. The van der Waals surface area contributed by atoms with E-state index in [9.17, 15) is 14.4 Å². The van der Waals surface area contributed by atoms with Gasteiger partial charge in [-0.25, -0.2) is 0 Å². The number of carbonyl (C=O) groups excluding carboxylic acids is 2. The van der Waals surface area contributed by atoms with E-state index >= 15 is 0 Å². The van der Waals surface area contributed by atoms with Gasteiger partial charge in [0.05, 0.1) is 0 Å². The number of hydrogen-bond acceptors (Lipinski definition) is 5. The van der Waals surface area contributed by atoms with Crippen LogP contribution in [0.25, 0.3) is 0 Å². The molecule has 0 rings (SSSR count). The van der Waals surface area contributed by atoms with Crippen LogP contribution in [0.3, 0.4) is 0 Å². The summed E-state index contributed by atoms with van der Waals surface area (Å²) in [5.74, 6) is -3.81. The van der Waals surface area contributed by atoms with Crippen molar-refractivity contribution in [3.63, 3.8) is 0 Å². The van der Waals surface area contributed by atoms with Crippen LogP contribution >= 0.6 is 0 Å². The van der Waals surface area contributed by atoms with Gasteiger partial charge < -0.3 is 20.4 Å². The first-order chi connectivity index (χ1) is 6.69. The molecular weight excluding hydrogens is 202 g/mol. The summed E-state index contributed by atoms with van der Waals surface area (Å²) in [4.78, 5) is 32.4. The van der Waals surface area contributed by atoms with Gasteiger partial charge in [-0.2, -0.15) is 0 Å². The van der Waals surface area contributed by atoms with E-state index in [-0.39, 0.29) is 6.29 Å². The monoisotopic (exact) mass is 217 g/mol. The van der Waals surface area contributed by atoms with Crippen molar-refractivity contribution >= 4 is 18.2 Å². The molecule has 6 heteroatoms. The van der Waals surface area contributed by atoms with Crippen molar-refractivity contribution in [2.24, 2.45) is 11.7 Å². The Balaban J connectivity index is 4.62. The van der Waals surface area contributed by atoms with Gasteiger partial charge in [0.1, 0.15) is 23.8 Å². The molecule has 0 aliphatic heterocycles. The van der Waals surface area contributed by atoms with Crippen molar-refractivity contribution in [2.75, 3.05) is 0 Å². The van der Waals surface area contributed by atoms with Crippen LogP contribution in [0.4, 0.5) is 0 Å². The molecule has 2 atom stereocenters. The summed E-state index contributed by atoms with van der Waals surface area (Å²) in [6.45, 7) is 4.83. The fourth-order valence-corrected chi connectivity index (χ4v) is 0.810. The van der Waals surface area contributed by atoms with Gasteiger partial charge in [-0.1, -0.05) is 0 Å². The second kappa shape index (κ2) is 4.88. The van der Waals surface area contributed by atoms with Crippen LogP contribution in [-0.4, -0.2) is 35.0 Å². The molecule has 2 unspecified atom stereocenters. The highest BCUT2D eigenvalue weighted by molar-refractivity contribution is 5.94. The number of aldehydes is 1. The largest absolute Gasteiger partial charge is 0.480 e. The fourth-order valence-electron chi connectivity index (χ4n) is 0.810. The Hall–Kier alpha value is -1.43. The number of esters is 1. The molecule has 0 saturated heterocycles. The van der Waals surface area contributed by atoms with Gasteiger partial charge in [0.2, 0.25) is 0 Å². The average Bonchev–Trinajstić information content (AvgIpc) is 2.01. The fraction of sp³-hybridized carbons (Fsp3) is 0.667. The SMILES string of the molecule is CC(C)(C)OC(=O)C(C=O)C(N)C(=O)O. The topological polar surface area (TPSA) is 107 Å². The lowest BCUT2D eigenvalue weighted by Crippen LogP contribution is -2.45. The van der Waals surface area contributed by atoms with Gasteiger partial charge in [-0.05, 0) is 20.8 Å². The summed E-state index contributed by atoms with van der Waals surface area (Å²) in [6.07, 6.45) is 0.187. The van der Waals surface area contributed by atoms with E-state index in [1.807, 2.05) is 0 Å². The van der Waals surface area contributed by atoms with Crippen molar-refractivity contribution in [1.82, 2.24) is 0 Å². The number of carbonyl (C=O) groups is 3. The van der Waals surface area contributed by atoms with E-state index in [1.165, 1.54) is 0 Å². The molecule has 0 amide bonds. The first-order valence-electron chi connectivity index (χ1n) is 4.35. The zero-order valence-electron chi connectivity index (χ0n) is 8.89. The van der Waals surface area contributed by atoms with Crippen molar-refractivity contribution in [3.8, 4) is 0 Å². The van der Waals surface area contributed by atoms with Crippen LogP contribution < -0.4 is 5.73 Å². The number of ether oxygens (including phenoxy) is 1. The maximum Gasteiger partial charge on any atom is 0.321 e. The molecule has 0 aromatic carbocycles. The Morgan fingerprint density at radius 2 is 1.87 bits per heavy atom. The minimum Gasteiger partial charge on any atom is -0.480 e. The first kappa shape index (κ1) is 13.6. The van der Waals surface area contributed by atoms with Gasteiger partial charge in [0.15, 0.2) is 0 Å². The zero-order valence-corrected chi connectivity index (χ0v) is 8.89. The molecule has 0 bridgehead atoms. The second-order valence-electron chi connectivity index (χ2n) is 4.06. The molecule has 0 heterocycles. The number of aliphatic carboxylic acids is 1. The van der Waals surface area contributed by atoms with Gasteiger partial charge in [-0.3, -0.25) is 9.59 Å². The highest BCUT2D eigenvalue weighted by Gasteiger charge is 2.33. The average molecular weight is 217 g/mol. The van der Waals surface area contributed by atoms with E-state index in [0.717, 1.165) is 0 Å². The highest BCUT2D eigenvalue weighted by atomic mass is 16.6. The molecule has 0 radical (unpaired) electrons. The summed E-state index contributed by atoms with van der Waals surface area (Å²) in [7, 11) is 0. The third kappa shape index (κ3) is 4.55. The summed E-state index contributed by atoms with van der Waals surface area (Å²) in [5.41, 5.74) is 4.38. The zero-order chi connectivity index (χ0) is 12.2. The van der Waals surface area contributed by atoms with Crippen LogP contribution in [0.2, 0.25) is 0 Å². The molecule has 6 nitrogen and oxygen atoms in total. The molecule has 0 aromatic rings. The summed E-state index contributed by atoms with van der Waals surface area (Å²) >= 11 is 0. The van der Waals surface area contributed by atoms with Crippen molar-refractivity contribution in [3.05, 3.63) is 0 Å². The molecule has 15 heavy (non-hydrogen) atoms. The van der Waals surface area contributed by atoms with Crippen LogP contribution in [0.5, 0.6) is 0 Å². The molecule has 0 saturated carbocycles. The van der Waals surface area contributed by atoms with Crippen molar-refractivity contribution in [1.29, 1.82) is 0 Å². The van der Waals surface area contributed by atoms with Crippen LogP contribution in [-0.2, 0) is 19.1 Å². The van der Waals surface area contributed by atoms with Gasteiger partial charge in [-0.15, -0.1) is 0 Å². The lowest BCUT2D eigenvalue weighted by molar-refractivity contribution is -0.164. The number of carboxylic acids is 1. The predicted molar refractivity (Wildman–Crippen MR) is 51.0 cm³/mol. The minimum absolute atomic E-state index is 0.187. The number of hydrogen-bond donors (Lipinski definition) is 2. The lowest BCUT2D eigenvalue weighted by atomic mass is 10.0. The Bertz CT molecular complexity index is 268. The Kier molecular flexibility index (Phi) is 4.41. The first-order valence-corrected chi connectivity index (χ1v) is 4.35. The standard InChI is InChI=1S/C9H15NO5/c1-9(2,3)15-8(14)5(4-11)6(10)7(12)13/h4-6H,10H2,1-3H3,(H,12,13). The Morgan fingerprint density at radius 1 is 1.40 bits per heavy atom. The van der Waals surface area contributed by atoms with E-state index in [1.54, 1.807) is 20.8 Å². The van der Waals surface area contributed by atoms with Crippen LogP contribution in [0, 0.1) is 5.92 Å². The maximum absolute atomic E-state index is 11.3. The van der Waals surface area contributed by atoms with E-state index in [2.05, 4.69) is 0 Å². The van der Waals surface area contributed by atoms with Gasteiger partial charge >= 0.3 is 11.9 Å². The number of rotatable bonds is 4. The lowest BCUT2D eigenvalue weighted by Gasteiger charge is -2.22. The molecule has 3 N–H and O–H groups in total. The van der Waals surface area contributed by atoms with E-state index in [4.69, 9.17) is 15.6 Å².